The summed E-state index contributed by atoms with van der Waals surface area (Å²) >= 11 is 0. The molecular formula is C10H16N2O3. The Morgan fingerprint density at radius 3 is 2.80 bits per heavy atom. The first-order valence-corrected chi connectivity index (χ1v) is 4.89. The fourth-order valence-electron chi connectivity index (χ4n) is 1.08. The molecule has 2 unspecified atom stereocenters. The highest BCUT2D eigenvalue weighted by molar-refractivity contribution is 5.92. The van der Waals surface area contributed by atoms with Crippen LogP contribution in [0, 0.1) is 12.8 Å². The normalized spacial score (nSPS) is 14.7. The maximum atomic E-state index is 11.6. The van der Waals surface area contributed by atoms with Crippen LogP contribution in [0.2, 0.25) is 0 Å². The maximum Gasteiger partial charge on any atom is 0.290 e. The standard InChI is InChI=1S/C10H16N2O3/c1-6-4-11-15-9(6)10(14)12-8(3)7(2)5-13/h4,7-8,13H,5H2,1-3H3,(H,12,14). The van der Waals surface area contributed by atoms with E-state index in [0.717, 1.165) is 0 Å². The molecule has 0 aliphatic rings. The van der Waals surface area contributed by atoms with Gasteiger partial charge in [-0.2, -0.15) is 0 Å². The van der Waals surface area contributed by atoms with Gasteiger partial charge in [0, 0.05) is 18.2 Å². The molecule has 15 heavy (non-hydrogen) atoms. The number of nitrogens with one attached hydrogen (secondary N) is 1. The molecule has 0 radical (unpaired) electrons. The molecule has 5 nitrogen and oxygen atoms in total. The third-order valence-electron chi connectivity index (χ3n) is 2.46. The average molecular weight is 212 g/mol. The molecule has 1 aromatic rings. The molecule has 0 spiro atoms. The van der Waals surface area contributed by atoms with Crippen LogP contribution in [0.25, 0.3) is 0 Å². The molecule has 0 aromatic carbocycles. The summed E-state index contributed by atoms with van der Waals surface area (Å²) in [5.74, 6) is -0.0537. The summed E-state index contributed by atoms with van der Waals surface area (Å²) in [4.78, 5) is 11.6. The van der Waals surface area contributed by atoms with Crippen molar-refractivity contribution in [1.29, 1.82) is 0 Å². The second-order valence-electron chi connectivity index (χ2n) is 3.76. The number of carbonyl (C=O) groups is 1. The van der Waals surface area contributed by atoms with Crippen molar-refractivity contribution < 1.29 is 14.4 Å². The van der Waals surface area contributed by atoms with E-state index < -0.39 is 0 Å². The van der Waals surface area contributed by atoms with Crippen LogP contribution in [0.5, 0.6) is 0 Å². The summed E-state index contributed by atoms with van der Waals surface area (Å²) in [7, 11) is 0. The van der Waals surface area contributed by atoms with Gasteiger partial charge in [-0.25, -0.2) is 0 Å². The Bertz CT molecular complexity index is 335. The highest BCUT2D eigenvalue weighted by Crippen LogP contribution is 2.07. The first kappa shape index (κ1) is 11.7. The van der Waals surface area contributed by atoms with Gasteiger partial charge in [-0.1, -0.05) is 12.1 Å². The summed E-state index contributed by atoms with van der Waals surface area (Å²) < 4.78 is 4.82. The largest absolute Gasteiger partial charge is 0.396 e. The fraction of sp³-hybridized carbons (Fsp3) is 0.600. The van der Waals surface area contributed by atoms with Crippen molar-refractivity contribution in [3.8, 4) is 0 Å². The molecule has 1 amide bonds. The smallest absolute Gasteiger partial charge is 0.290 e. The molecule has 1 aromatic heterocycles. The zero-order valence-electron chi connectivity index (χ0n) is 9.15. The predicted molar refractivity (Wildman–Crippen MR) is 54.4 cm³/mol. The third-order valence-corrected chi connectivity index (χ3v) is 2.46. The number of aliphatic hydroxyl groups excluding tert-OH is 1. The number of nitrogens with zero attached hydrogens (tertiary/aromatic N) is 1. The van der Waals surface area contributed by atoms with Gasteiger partial charge in [-0.15, -0.1) is 0 Å². The number of rotatable bonds is 4. The molecule has 0 aliphatic heterocycles. The molecule has 0 saturated carbocycles. The van der Waals surface area contributed by atoms with Gasteiger partial charge in [0.25, 0.3) is 5.91 Å². The summed E-state index contributed by atoms with van der Waals surface area (Å²) in [5.41, 5.74) is 0.705. The lowest BCUT2D eigenvalue weighted by Crippen LogP contribution is -2.38. The van der Waals surface area contributed by atoms with Gasteiger partial charge in [-0.3, -0.25) is 4.79 Å². The molecule has 0 saturated heterocycles. The third kappa shape index (κ3) is 2.79. The minimum Gasteiger partial charge on any atom is -0.396 e. The van der Waals surface area contributed by atoms with Crippen molar-refractivity contribution in [3.63, 3.8) is 0 Å². The van der Waals surface area contributed by atoms with Crippen LogP contribution >= 0.6 is 0 Å². The summed E-state index contributed by atoms with van der Waals surface area (Å²) in [5, 5.41) is 15.2. The molecule has 1 heterocycles. The van der Waals surface area contributed by atoms with E-state index in [1.807, 2.05) is 13.8 Å². The first-order valence-electron chi connectivity index (χ1n) is 4.89. The Morgan fingerprint density at radius 1 is 1.67 bits per heavy atom. The number of hydrogen-bond acceptors (Lipinski definition) is 4. The molecule has 2 N–H and O–H groups in total. The van der Waals surface area contributed by atoms with Crippen LogP contribution in [0.15, 0.2) is 10.7 Å². The lowest BCUT2D eigenvalue weighted by molar-refractivity contribution is 0.0878. The van der Waals surface area contributed by atoms with Gasteiger partial charge in [0.1, 0.15) is 0 Å². The molecular weight excluding hydrogens is 196 g/mol. The Kier molecular flexibility index (Phi) is 3.85. The van der Waals surface area contributed by atoms with Crippen LogP contribution in [0.3, 0.4) is 0 Å². The van der Waals surface area contributed by atoms with E-state index in [9.17, 15) is 4.79 Å². The van der Waals surface area contributed by atoms with Crippen molar-refractivity contribution in [3.05, 3.63) is 17.5 Å². The van der Waals surface area contributed by atoms with Crippen molar-refractivity contribution in [2.75, 3.05) is 6.61 Å². The number of amides is 1. The quantitative estimate of drug-likeness (QED) is 0.771. The number of hydrogen-bond donors (Lipinski definition) is 2. The van der Waals surface area contributed by atoms with E-state index in [1.54, 1.807) is 6.92 Å². The maximum absolute atomic E-state index is 11.6. The van der Waals surface area contributed by atoms with E-state index in [4.69, 9.17) is 9.63 Å². The van der Waals surface area contributed by atoms with Gasteiger partial charge >= 0.3 is 0 Å². The van der Waals surface area contributed by atoms with Gasteiger partial charge < -0.3 is 14.9 Å². The topological polar surface area (TPSA) is 75.4 Å². The van der Waals surface area contributed by atoms with Crippen molar-refractivity contribution in [2.45, 2.75) is 26.8 Å². The number of aryl methyl sites for hydroxylation is 1. The van der Waals surface area contributed by atoms with Gasteiger partial charge in [0.05, 0.1) is 6.20 Å². The minimum absolute atomic E-state index is 0.0113. The van der Waals surface area contributed by atoms with Crippen molar-refractivity contribution in [1.82, 2.24) is 10.5 Å². The van der Waals surface area contributed by atoms with Crippen LogP contribution in [-0.2, 0) is 0 Å². The molecule has 2 atom stereocenters. The fourth-order valence-corrected chi connectivity index (χ4v) is 1.08. The number of aliphatic hydroxyl groups is 1. The Morgan fingerprint density at radius 2 is 2.33 bits per heavy atom. The highest BCUT2D eigenvalue weighted by atomic mass is 16.5. The Balaban J connectivity index is 2.60. The molecule has 0 bridgehead atoms. The van der Waals surface area contributed by atoms with Crippen molar-refractivity contribution >= 4 is 5.91 Å². The molecule has 1 rings (SSSR count). The van der Waals surface area contributed by atoms with Gasteiger partial charge in [0.15, 0.2) is 0 Å². The molecule has 0 fully saturated rings. The zero-order valence-corrected chi connectivity index (χ0v) is 9.15. The SMILES string of the molecule is Cc1cnoc1C(=O)NC(C)C(C)CO. The summed E-state index contributed by atoms with van der Waals surface area (Å²) in [6.45, 7) is 5.49. The lowest BCUT2D eigenvalue weighted by atomic mass is 10.1. The Labute approximate surface area is 88.5 Å². The number of aromatic nitrogens is 1. The van der Waals surface area contributed by atoms with Crippen molar-refractivity contribution in [2.24, 2.45) is 5.92 Å². The van der Waals surface area contributed by atoms with Gasteiger partial charge in [-0.05, 0) is 19.8 Å². The molecule has 0 aliphatic carbocycles. The van der Waals surface area contributed by atoms with E-state index in [0.29, 0.717) is 5.56 Å². The first-order chi connectivity index (χ1) is 7.06. The predicted octanol–water partition coefficient (Wildman–Crippen LogP) is 0.730. The van der Waals surface area contributed by atoms with E-state index in [1.165, 1.54) is 6.20 Å². The van der Waals surface area contributed by atoms with Crippen LogP contribution in [0.1, 0.15) is 30.0 Å². The van der Waals surface area contributed by atoms with Crippen LogP contribution in [-0.4, -0.2) is 28.8 Å². The second kappa shape index (κ2) is 4.93. The monoisotopic (exact) mass is 212 g/mol. The van der Waals surface area contributed by atoms with Crippen LogP contribution in [0.4, 0.5) is 0 Å². The van der Waals surface area contributed by atoms with E-state index in [-0.39, 0.29) is 30.2 Å². The zero-order chi connectivity index (χ0) is 11.4. The average Bonchev–Trinajstić information content (AvgIpc) is 2.63. The Hall–Kier alpha value is -1.36. The second-order valence-corrected chi connectivity index (χ2v) is 3.76. The minimum atomic E-state index is -0.294. The highest BCUT2D eigenvalue weighted by Gasteiger charge is 2.19. The summed E-state index contributed by atoms with van der Waals surface area (Å²) in [6, 6.07) is -0.105. The van der Waals surface area contributed by atoms with Gasteiger partial charge in [0.2, 0.25) is 5.76 Å². The number of carbonyl (C=O) groups excluding carboxylic acids is 1. The summed E-state index contributed by atoms with van der Waals surface area (Å²) in [6.07, 6.45) is 1.50. The molecule has 5 heteroatoms. The van der Waals surface area contributed by atoms with E-state index >= 15 is 0 Å². The molecule has 84 valence electrons. The lowest BCUT2D eigenvalue weighted by Gasteiger charge is -2.18. The van der Waals surface area contributed by atoms with Crippen LogP contribution < -0.4 is 5.32 Å². The van der Waals surface area contributed by atoms with E-state index in [2.05, 4.69) is 10.5 Å².